The van der Waals surface area contributed by atoms with Gasteiger partial charge in [-0.2, -0.15) is 0 Å². The minimum Gasteiger partial charge on any atom is -0.872 e. The zero-order valence-electron chi connectivity index (χ0n) is 15.1. The van der Waals surface area contributed by atoms with Gasteiger partial charge in [0.25, 0.3) is 0 Å². The Bertz CT molecular complexity index is 846. The summed E-state index contributed by atoms with van der Waals surface area (Å²) in [5, 5.41) is 14.5. The fourth-order valence-corrected chi connectivity index (χ4v) is 4.92. The minimum absolute atomic E-state index is 0.0349. The number of ether oxygens (including phenoxy) is 1. The molecule has 0 saturated carbocycles. The Morgan fingerprint density at radius 2 is 2.04 bits per heavy atom. The number of nitrogens with one attached hydrogen (secondary N) is 1. The second-order valence-corrected chi connectivity index (χ2v) is 8.63. The fourth-order valence-electron chi connectivity index (χ4n) is 4.28. The van der Waals surface area contributed by atoms with Crippen molar-refractivity contribution >= 4 is 23.2 Å². The Hall–Kier alpha value is -2.11. The van der Waals surface area contributed by atoms with E-state index in [-0.39, 0.29) is 11.5 Å². The maximum atomic E-state index is 12.7. The van der Waals surface area contributed by atoms with Crippen molar-refractivity contribution in [2.45, 2.75) is 26.8 Å². The lowest BCUT2D eigenvalue weighted by atomic mass is 9.91. The van der Waals surface area contributed by atoms with Gasteiger partial charge in [-0.05, 0) is 23.9 Å². The number of hydrogen-bond donors (Lipinski definition) is 1. The van der Waals surface area contributed by atoms with E-state index in [0.717, 1.165) is 18.0 Å². The number of quaternary nitrogens is 1. The summed E-state index contributed by atoms with van der Waals surface area (Å²) in [6.07, 6.45) is 3.00. The molecule has 2 unspecified atom stereocenters. The van der Waals surface area contributed by atoms with Crippen LogP contribution in [0.1, 0.15) is 41.1 Å². The topological polar surface area (TPSA) is 53.8 Å². The van der Waals surface area contributed by atoms with Crippen LogP contribution in [0.2, 0.25) is 0 Å². The first-order valence-corrected chi connectivity index (χ1v) is 10.0. The quantitative estimate of drug-likeness (QED) is 0.846. The van der Waals surface area contributed by atoms with E-state index < -0.39 is 0 Å². The fraction of sp³-hybridized carbons (Fsp3) is 0.381. The third-order valence-electron chi connectivity index (χ3n) is 5.22. The van der Waals surface area contributed by atoms with Crippen LogP contribution in [0.15, 0.2) is 35.4 Å². The highest BCUT2D eigenvalue weighted by molar-refractivity contribution is 7.10. The molecule has 0 spiro atoms. The molecule has 1 aromatic heterocycles. The molecular weight excluding hydrogens is 346 g/mol. The van der Waals surface area contributed by atoms with Gasteiger partial charge in [0.05, 0.1) is 18.7 Å². The number of benzene rings is 1. The summed E-state index contributed by atoms with van der Waals surface area (Å²) < 4.78 is 5.90. The van der Waals surface area contributed by atoms with E-state index in [9.17, 15) is 9.90 Å². The van der Waals surface area contributed by atoms with Crippen molar-refractivity contribution in [3.63, 3.8) is 0 Å². The number of ketones is 1. The zero-order valence-corrected chi connectivity index (χ0v) is 15.9. The number of allylic oxidation sites excluding steroid dienone is 1. The Kier molecular flexibility index (Phi) is 4.59. The summed E-state index contributed by atoms with van der Waals surface area (Å²) in [6, 6.07) is 7.00. The first-order valence-electron chi connectivity index (χ1n) is 9.15. The average Bonchev–Trinajstić information content (AvgIpc) is 3.19. The molecule has 4 rings (SSSR count). The number of hydrogen-bond acceptors (Lipinski definition) is 4. The van der Waals surface area contributed by atoms with Gasteiger partial charge in [-0.1, -0.05) is 31.7 Å². The average molecular weight is 369 g/mol. The van der Waals surface area contributed by atoms with E-state index in [1.165, 1.54) is 17.4 Å². The second-order valence-electron chi connectivity index (χ2n) is 7.66. The van der Waals surface area contributed by atoms with Gasteiger partial charge in [0.2, 0.25) is 5.78 Å². The maximum absolute atomic E-state index is 12.7. The number of Topliss-reactive ketones (excluding diaryl/α,β-unsaturated/α-hetero) is 1. The van der Waals surface area contributed by atoms with Crippen LogP contribution >= 0.6 is 11.3 Å². The van der Waals surface area contributed by atoms with Gasteiger partial charge in [-0.25, -0.2) is 0 Å². The minimum atomic E-state index is -0.134. The number of rotatable bonds is 3. The number of thiophene rings is 1. The third-order valence-corrected chi connectivity index (χ3v) is 6.04. The molecule has 3 heterocycles. The highest BCUT2D eigenvalue weighted by Crippen LogP contribution is 2.38. The summed E-state index contributed by atoms with van der Waals surface area (Å²) in [5.74, 6) is 1.92. The van der Waals surface area contributed by atoms with Crippen molar-refractivity contribution in [2.24, 2.45) is 11.8 Å². The molecule has 2 aromatic rings. The lowest BCUT2D eigenvalue weighted by Gasteiger charge is -2.33. The molecule has 0 amide bonds. The van der Waals surface area contributed by atoms with Crippen molar-refractivity contribution in [2.75, 3.05) is 13.1 Å². The van der Waals surface area contributed by atoms with E-state index >= 15 is 0 Å². The largest absolute Gasteiger partial charge is 0.872 e. The van der Waals surface area contributed by atoms with E-state index in [1.54, 1.807) is 23.5 Å². The van der Waals surface area contributed by atoms with Crippen molar-refractivity contribution in [1.29, 1.82) is 0 Å². The van der Waals surface area contributed by atoms with Crippen LogP contribution in [0.25, 0.3) is 6.08 Å². The standard InChI is InChI=1S/C21H23NO3S/c1-13-8-14(2)11-22(10-13)12-17-18(23)6-5-16-20(24)19(25-21(16)17)9-15-4-3-7-26-15/h3-7,9,13-14,23H,8,10-12H2,1-2H3/b19-9-. The lowest BCUT2D eigenvalue weighted by molar-refractivity contribution is -0.925. The normalized spacial score (nSPS) is 26.8. The van der Waals surface area contributed by atoms with Gasteiger partial charge >= 0.3 is 0 Å². The van der Waals surface area contributed by atoms with E-state index in [2.05, 4.69) is 13.8 Å². The molecule has 0 radical (unpaired) electrons. The summed E-state index contributed by atoms with van der Waals surface area (Å²) in [7, 11) is 0. The Balaban J connectivity index is 1.64. The van der Waals surface area contributed by atoms with Gasteiger partial charge in [0.1, 0.15) is 12.3 Å². The molecule has 2 aliphatic heterocycles. The summed E-state index contributed by atoms with van der Waals surface area (Å²) in [4.78, 5) is 15.0. The molecular formula is C21H23NO3S. The maximum Gasteiger partial charge on any atom is 0.232 e. The smallest absolute Gasteiger partial charge is 0.232 e. The molecule has 2 atom stereocenters. The number of piperidine rings is 1. The van der Waals surface area contributed by atoms with Crippen molar-refractivity contribution < 1.29 is 19.5 Å². The van der Waals surface area contributed by atoms with Gasteiger partial charge in [-0.3, -0.25) is 4.79 Å². The molecule has 1 N–H and O–H groups in total. The molecule has 4 nitrogen and oxygen atoms in total. The summed E-state index contributed by atoms with van der Waals surface area (Å²) in [6.45, 7) is 7.27. The van der Waals surface area contributed by atoms with E-state index in [1.807, 2.05) is 17.5 Å². The van der Waals surface area contributed by atoms with Gasteiger partial charge in [0.15, 0.2) is 5.76 Å². The van der Waals surface area contributed by atoms with E-state index in [4.69, 9.17) is 4.74 Å². The summed E-state index contributed by atoms with van der Waals surface area (Å²) >= 11 is 1.55. The second kappa shape index (κ2) is 6.89. The van der Waals surface area contributed by atoms with Gasteiger partial charge in [-0.15, -0.1) is 11.3 Å². The molecule has 1 saturated heterocycles. The van der Waals surface area contributed by atoms with Crippen LogP contribution in [-0.4, -0.2) is 18.9 Å². The van der Waals surface area contributed by atoms with Gasteiger partial charge < -0.3 is 14.7 Å². The number of carbonyl (C=O) groups is 1. The summed E-state index contributed by atoms with van der Waals surface area (Å²) in [5.41, 5.74) is 1.15. The molecule has 0 aliphatic carbocycles. The molecule has 2 aliphatic rings. The SMILES string of the molecule is CC1CC(C)C[NH+](Cc2c([O-])ccc3c2O/C(=C\c2cccs2)C3=O)C1. The Labute approximate surface area is 157 Å². The number of likely N-dealkylation sites (tertiary alicyclic amines) is 1. The van der Waals surface area contributed by atoms with Crippen LogP contribution in [0.5, 0.6) is 11.5 Å². The lowest BCUT2D eigenvalue weighted by Crippen LogP contribution is -3.13. The number of fused-ring (bicyclic) bond motifs is 1. The monoisotopic (exact) mass is 369 g/mol. The van der Waals surface area contributed by atoms with Crippen LogP contribution in [0.4, 0.5) is 0 Å². The van der Waals surface area contributed by atoms with Crippen molar-refractivity contribution in [1.82, 2.24) is 0 Å². The predicted octanol–water partition coefficient (Wildman–Crippen LogP) is 2.50. The van der Waals surface area contributed by atoms with Gasteiger partial charge in [0, 0.05) is 28.4 Å². The third kappa shape index (κ3) is 3.29. The van der Waals surface area contributed by atoms with E-state index in [0.29, 0.717) is 41.0 Å². The van der Waals surface area contributed by atoms with Crippen LogP contribution in [0.3, 0.4) is 0 Å². The molecule has 1 aromatic carbocycles. The van der Waals surface area contributed by atoms with Crippen LogP contribution < -0.4 is 14.7 Å². The molecule has 0 bridgehead atoms. The highest BCUT2D eigenvalue weighted by atomic mass is 32.1. The zero-order chi connectivity index (χ0) is 18.3. The highest BCUT2D eigenvalue weighted by Gasteiger charge is 2.32. The molecule has 1 fully saturated rings. The first kappa shape index (κ1) is 17.3. The van der Waals surface area contributed by atoms with Crippen molar-refractivity contribution in [3.05, 3.63) is 51.4 Å². The van der Waals surface area contributed by atoms with Crippen LogP contribution in [0, 0.1) is 11.8 Å². The molecule has 26 heavy (non-hydrogen) atoms. The number of carbonyl (C=O) groups excluding carboxylic acids is 1. The van der Waals surface area contributed by atoms with Crippen molar-refractivity contribution in [3.8, 4) is 11.5 Å². The molecule has 5 heteroatoms. The Morgan fingerprint density at radius 3 is 2.73 bits per heavy atom. The molecule has 136 valence electrons. The van der Waals surface area contributed by atoms with Crippen LogP contribution in [-0.2, 0) is 6.54 Å². The predicted molar refractivity (Wildman–Crippen MR) is 100 cm³/mol. The first-order chi connectivity index (χ1) is 12.5. The Morgan fingerprint density at radius 1 is 1.27 bits per heavy atom.